The maximum Gasteiger partial charge on any atom is 0.0791 e. The average molecular weight is 168 g/mol. The third kappa shape index (κ3) is 3.35. The van der Waals surface area contributed by atoms with Crippen molar-refractivity contribution < 1.29 is 10.2 Å². The summed E-state index contributed by atoms with van der Waals surface area (Å²) in [6.07, 6.45) is -0.637. The molecule has 9 heavy (non-hydrogen) atoms. The molecule has 0 amide bonds. The summed E-state index contributed by atoms with van der Waals surface area (Å²) in [5.74, 6) is 0. The molecule has 0 rings (SSSR count). The molecule has 0 bridgehead atoms. The van der Waals surface area contributed by atoms with Crippen molar-refractivity contribution in [1.29, 1.82) is 0 Å². The molecule has 4 heteroatoms. The summed E-state index contributed by atoms with van der Waals surface area (Å²) < 4.78 is 0. The lowest BCUT2D eigenvalue weighted by Gasteiger charge is -2.18. The Balaban J connectivity index is 3.58. The first-order valence-electron chi connectivity index (χ1n) is 2.74. The van der Waals surface area contributed by atoms with Crippen LogP contribution in [-0.4, -0.2) is 33.4 Å². The lowest BCUT2D eigenvalue weighted by atomic mass is 10.2. The zero-order chi connectivity index (χ0) is 7.44. The quantitative estimate of drug-likeness (QED) is 0.447. The van der Waals surface area contributed by atoms with Gasteiger partial charge in [0, 0.05) is 5.25 Å². The van der Waals surface area contributed by atoms with Crippen LogP contribution in [0.25, 0.3) is 0 Å². The van der Waals surface area contributed by atoms with Gasteiger partial charge in [0.2, 0.25) is 0 Å². The van der Waals surface area contributed by atoms with E-state index in [2.05, 4.69) is 25.3 Å². The van der Waals surface area contributed by atoms with E-state index < -0.39 is 6.10 Å². The Bertz CT molecular complexity index is 77.4. The van der Waals surface area contributed by atoms with E-state index in [4.69, 9.17) is 10.2 Å². The first kappa shape index (κ1) is 9.62. The molecule has 0 heterocycles. The van der Waals surface area contributed by atoms with Crippen LogP contribution in [0.15, 0.2) is 0 Å². The van der Waals surface area contributed by atoms with Gasteiger partial charge in [0.05, 0.1) is 18.0 Å². The Morgan fingerprint density at radius 3 is 2.00 bits per heavy atom. The Hall–Kier alpha value is 0.620. The summed E-state index contributed by atoms with van der Waals surface area (Å²) in [7, 11) is 0. The first-order valence-corrected chi connectivity index (χ1v) is 3.78. The van der Waals surface area contributed by atoms with E-state index in [9.17, 15) is 0 Å². The predicted molar refractivity (Wildman–Crippen MR) is 44.3 cm³/mol. The SMILES string of the molecule is CC(S)C(O)C(S)CO. The van der Waals surface area contributed by atoms with Gasteiger partial charge in [-0.05, 0) is 0 Å². The summed E-state index contributed by atoms with van der Waals surface area (Å²) >= 11 is 7.89. The van der Waals surface area contributed by atoms with Crippen LogP contribution in [0.4, 0.5) is 0 Å². The second-order valence-electron chi connectivity index (χ2n) is 1.98. The van der Waals surface area contributed by atoms with Gasteiger partial charge in [0.1, 0.15) is 0 Å². The van der Waals surface area contributed by atoms with Crippen LogP contribution in [0.3, 0.4) is 0 Å². The van der Waals surface area contributed by atoms with Crippen molar-refractivity contribution in [3.05, 3.63) is 0 Å². The third-order valence-corrected chi connectivity index (χ3v) is 1.85. The molecule has 0 aliphatic heterocycles. The zero-order valence-electron chi connectivity index (χ0n) is 5.23. The number of aliphatic hydroxyl groups excluding tert-OH is 2. The standard InChI is InChI=1S/C5H12O2S2/c1-3(8)5(7)4(9)2-6/h3-9H,2H2,1H3. The monoisotopic (exact) mass is 168 g/mol. The summed E-state index contributed by atoms with van der Waals surface area (Å²) in [6, 6.07) is 0. The van der Waals surface area contributed by atoms with Crippen LogP contribution in [0, 0.1) is 0 Å². The Morgan fingerprint density at radius 2 is 1.89 bits per heavy atom. The van der Waals surface area contributed by atoms with Crippen LogP contribution in [0.5, 0.6) is 0 Å². The van der Waals surface area contributed by atoms with Crippen LogP contribution in [0.1, 0.15) is 6.92 Å². The summed E-state index contributed by atoms with van der Waals surface area (Å²) in [6.45, 7) is 1.64. The third-order valence-electron chi connectivity index (χ3n) is 1.08. The Morgan fingerprint density at radius 1 is 1.44 bits per heavy atom. The van der Waals surface area contributed by atoms with Gasteiger partial charge in [-0.25, -0.2) is 0 Å². The fraction of sp³-hybridized carbons (Fsp3) is 1.00. The molecule has 56 valence electrons. The van der Waals surface area contributed by atoms with Crippen molar-refractivity contribution in [2.24, 2.45) is 0 Å². The van der Waals surface area contributed by atoms with Gasteiger partial charge in [-0.3, -0.25) is 0 Å². The van der Waals surface area contributed by atoms with E-state index in [0.29, 0.717) is 0 Å². The minimum Gasteiger partial charge on any atom is -0.395 e. The fourth-order valence-electron chi connectivity index (χ4n) is 0.429. The molecule has 0 aromatic heterocycles. The van der Waals surface area contributed by atoms with Crippen LogP contribution in [-0.2, 0) is 0 Å². The van der Waals surface area contributed by atoms with E-state index in [0.717, 1.165) is 0 Å². The number of hydrogen-bond donors (Lipinski definition) is 4. The molecule has 0 aromatic rings. The van der Waals surface area contributed by atoms with Gasteiger partial charge >= 0.3 is 0 Å². The highest BCUT2D eigenvalue weighted by Gasteiger charge is 2.17. The summed E-state index contributed by atoms with van der Waals surface area (Å²) in [4.78, 5) is 0. The van der Waals surface area contributed by atoms with Crippen molar-refractivity contribution in [1.82, 2.24) is 0 Å². The minimum absolute atomic E-state index is 0.116. The highest BCUT2D eigenvalue weighted by Crippen LogP contribution is 2.09. The Kier molecular flexibility index (Phi) is 4.74. The average Bonchev–Trinajstić information content (AvgIpc) is 1.84. The molecular weight excluding hydrogens is 156 g/mol. The van der Waals surface area contributed by atoms with E-state index in [1.165, 1.54) is 0 Å². The molecule has 2 nitrogen and oxygen atoms in total. The van der Waals surface area contributed by atoms with Gasteiger partial charge in [0.25, 0.3) is 0 Å². The molecule has 0 aromatic carbocycles. The van der Waals surface area contributed by atoms with Gasteiger partial charge in [0.15, 0.2) is 0 Å². The second-order valence-corrected chi connectivity index (χ2v) is 3.46. The molecule has 0 spiro atoms. The van der Waals surface area contributed by atoms with Crippen molar-refractivity contribution in [3.63, 3.8) is 0 Å². The van der Waals surface area contributed by atoms with Crippen molar-refractivity contribution in [3.8, 4) is 0 Å². The maximum absolute atomic E-state index is 9.08. The molecule has 0 aliphatic rings. The molecule has 0 aliphatic carbocycles. The number of hydrogen-bond acceptors (Lipinski definition) is 4. The molecule has 3 unspecified atom stereocenters. The number of rotatable bonds is 3. The van der Waals surface area contributed by atoms with E-state index in [1.807, 2.05) is 0 Å². The van der Waals surface area contributed by atoms with E-state index in [1.54, 1.807) is 6.92 Å². The van der Waals surface area contributed by atoms with Gasteiger partial charge in [-0.15, -0.1) is 0 Å². The van der Waals surface area contributed by atoms with Crippen LogP contribution >= 0.6 is 25.3 Å². The molecular formula is C5H12O2S2. The molecule has 0 radical (unpaired) electrons. The van der Waals surface area contributed by atoms with E-state index >= 15 is 0 Å². The van der Waals surface area contributed by atoms with Gasteiger partial charge < -0.3 is 10.2 Å². The maximum atomic E-state index is 9.08. The smallest absolute Gasteiger partial charge is 0.0791 e. The number of aliphatic hydroxyl groups is 2. The van der Waals surface area contributed by atoms with Crippen LogP contribution < -0.4 is 0 Å². The van der Waals surface area contributed by atoms with E-state index in [-0.39, 0.29) is 17.1 Å². The largest absolute Gasteiger partial charge is 0.395 e. The predicted octanol–water partition coefficient (Wildman–Crippen LogP) is -0.0437. The highest BCUT2D eigenvalue weighted by molar-refractivity contribution is 7.82. The molecule has 3 atom stereocenters. The van der Waals surface area contributed by atoms with Crippen molar-refractivity contribution in [2.45, 2.75) is 23.5 Å². The highest BCUT2D eigenvalue weighted by atomic mass is 32.1. The summed E-state index contributed by atoms with van der Waals surface area (Å²) in [5, 5.41) is 17.0. The molecule has 0 fully saturated rings. The number of thiol groups is 2. The second kappa shape index (κ2) is 4.44. The topological polar surface area (TPSA) is 40.5 Å². The van der Waals surface area contributed by atoms with Gasteiger partial charge in [-0.1, -0.05) is 6.92 Å². The molecule has 0 saturated heterocycles. The normalized spacial score (nSPS) is 21.0. The van der Waals surface area contributed by atoms with Crippen molar-refractivity contribution >= 4 is 25.3 Å². The fourth-order valence-corrected chi connectivity index (χ4v) is 1.03. The Labute approximate surface area is 66.1 Å². The first-order chi connectivity index (χ1) is 4.09. The minimum atomic E-state index is -0.637. The molecule has 2 N–H and O–H groups in total. The van der Waals surface area contributed by atoms with Crippen molar-refractivity contribution in [2.75, 3.05) is 6.61 Å². The lowest BCUT2D eigenvalue weighted by Crippen LogP contribution is -2.31. The zero-order valence-corrected chi connectivity index (χ0v) is 7.02. The van der Waals surface area contributed by atoms with Gasteiger partial charge in [-0.2, -0.15) is 25.3 Å². The molecule has 0 saturated carbocycles. The lowest BCUT2D eigenvalue weighted by molar-refractivity contribution is 0.142. The summed E-state index contributed by atoms with van der Waals surface area (Å²) in [5.41, 5.74) is 0. The van der Waals surface area contributed by atoms with Crippen LogP contribution in [0.2, 0.25) is 0 Å².